The van der Waals surface area contributed by atoms with Gasteiger partial charge in [-0.1, -0.05) is 43.7 Å². The molecule has 0 aliphatic rings. The first-order valence-electron chi connectivity index (χ1n) is 5.66. The average molecular weight is 221 g/mol. The third kappa shape index (κ3) is 4.34. The van der Waals surface area contributed by atoms with Gasteiger partial charge in [0.05, 0.1) is 6.61 Å². The van der Waals surface area contributed by atoms with Gasteiger partial charge in [-0.3, -0.25) is 0 Å². The van der Waals surface area contributed by atoms with Crippen LogP contribution in [0.15, 0.2) is 30.3 Å². The molecule has 88 valence electrons. The van der Waals surface area contributed by atoms with Crippen LogP contribution in [0, 0.1) is 0 Å². The van der Waals surface area contributed by atoms with Crippen LogP contribution in [-0.2, 0) is 11.3 Å². The minimum atomic E-state index is -0.252. The van der Waals surface area contributed by atoms with Crippen LogP contribution in [0.2, 0.25) is 0 Å². The van der Waals surface area contributed by atoms with Crippen LogP contribution < -0.4 is 0 Å². The highest BCUT2D eigenvalue weighted by Crippen LogP contribution is 2.04. The van der Waals surface area contributed by atoms with Gasteiger partial charge < -0.3 is 9.64 Å². The van der Waals surface area contributed by atoms with Gasteiger partial charge in [0.15, 0.2) is 0 Å². The molecular weight excluding hydrogens is 202 g/mol. The van der Waals surface area contributed by atoms with Crippen LogP contribution in [0.4, 0.5) is 4.79 Å². The van der Waals surface area contributed by atoms with Crippen molar-refractivity contribution in [2.24, 2.45) is 0 Å². The second kappa shape index (κ2) is 6.88. The minimum Gasteiger partial charge on any atom is -0.449 e. The topological polar surface area (TPSA) is 29.5 Å². The summed E-state index contributed by atoms with van der Waals surface area (Å²) in [7, 11) is 1.75. The molecule has 0 spiro atoms. The number of carbonyl (C=O) groups is 1. The molecule has 0 saturated carbocycles. The van der Waals surface area contributed by atoms with Gasteiger partial charge in [0.1, 0.15) is 0 Å². The number of unbranched alkanes of at least 4 members (excludes halogenated alkanes) is 1. The van der Waals surface area contributed by atoms with E-state index in [-0.39, 0.29) is 6.09 Å². The number of rotatable bonds is 5. The molecule has 0 N–H and O–H groups in total. The van der Waals surface area contributed by atoms with Gasteiger partial charge in [0.2, 0.25) is 0 Å². The molecule has 3 nitrogen and oxygen atoms in total. The SMILES string of the molecule is CCCCOC(=O)N(C)Cc1ccccc1. The molecular formula is C13H19NO2. The molecule has 0 saturated heterocycles. The van der Waals surface area contributed by atoms with Gasteiger partial charge in [-0.25, -0.2) is 4.79 Å². The van der Waals surface area contributed by atoms with Crippen molar-refractivity contribution in [2.75, 3.05) is 13.7 Å². The van der Waals surface area contributed by atoms with Crippen molar-refractivity contribution < 1.29 is 9.53 Å². The predicted molar refractivity (Wildman–Crippen MR) is 64.2 cm³/mol. The molecule has 0 radical (unpaired) electrons. The number of amides is 1. The number of ether oxygens (including phenoxy) is 1. The largest absolute Gasteiger partial charge is 0.449 e. The fourth-order valence-electron chi connectivity index (χ4n) is 1.34. The molecule has 1 aromatic carbocycles. The van der Waals surface area contributed by atoms with E-state index < -0.39 is 0 Å². The summed E-state index contributed by atoms with van der Waals surface area (Å²) >= 11 is 0. The fraction of sp³-hybridized carbons (Fsp3) is 0.462. The summed E-state index contributed by atoms with van der Waals surface area (Å²) < 4.78 is 5.10. The Morgan fingerprint density at radius 3 is 2.62 bits per heavy atom. The van der Waals surface area contributed by atoms with Crippen molar-refractivity contribution in [3.8, 4) is 0 Å². The van der Waals surface area contributed by atoms with Crippen LogP contribution in [0.1, 0.15) is 25.3 Å². The maximum atomic E-state index is 11.5. The molecule has 0 atom stereocenters. The lowest BCUT2D eigenvalue weighted by atomic mass is 10.2. The highest BCUT2D eigenvalue weighted by Gasteiger charge is 2.09. The molecule has 0 bridgehead atoms. The summed E-state index contributed by atoms with van der Waals surface area (Å²) in [6.07, 6.45) is 1.71. The van der Waals surface area contributed by atoms with E-state index in [9.17, 15) is 4.79 Å². The van der Waals surface area contributed by atoms with E-state index in [1.54, 1.807) is 11.9 Å². The first-order valence-corrected chi connectivity index (χ1v) is 5.66. The van der Waals surface area contributed by atoms with E-state index in [4.69, 9.17) is 4.74 Å². The van der Waals surface area contributed by atoms with Gasteiger partial charge in [0.25, 0.3) is 0 Å². The van der Waals surface area contributed by atoms with E-state index in [1.165, 1.54) is 0 Å². The molecule has 3 heteroatoms. The quantitative estimate of drug-likeness (QED) is 0.715. The van der Waals surface area contributed by atoms with Crippen molar-refractivity contribution in [1.82, 2.24) is 4.90 Å². The summed E-state index contributed by atoms with van der Waals surface area (Å²) in [6, 6.07) is 9.88. The Morgan fingerprint density at radius 1 is 1.31 bits per heavy atom. The molecule has 0 aromatic heterocycles. The maximum absolute atomic E-state index is 11.5. The highest BCUT2D eigenvalue weighted by molar-refractivity contribution is 5.67. The third-order valence-corrected chi connectivity index (χ3v) is 2.30. The van der Waals surface area contributed by atoms with Gasteiger partial charge in [-0.15, -0.1) is 0 Å². The first-order chi connectivity index (χ1) is 7.74. The van der Waals surface area contributed by atoms with E-state index in [0.29, 0.717) is 13.2 Å². The van der Waals surface area contributed by atoms with Crippen molar-refractivity contribution in [3.63, 3.8) is 0 Å². The van der Waals surface area contributed by atoms with E-state index in [0.717, 1.165) is 18.4 Å². The Labute approximate surface area is 97.0 Å². The summed E-state index contributed by atoms with van der Waals surface area (Å²) in [4.78, 5) is 13.1. The summed E-state index contributed by atoms with van der Waals surface area (Å²) in [6.45, 7) is 3.17. The van der Waals surface area contributed by atoms with Crippen molar-refractivity contribution in [2.45, 2.75) is 26.3 Å². The Morgan fingerprint density at radius 2 is 2.00 bits per heavy atom. The van der Waals surface area contributed by atoms with Gasteiger partial charge in [-0.05, 0) is 12.0 Å². The van der Waals surface area contributed by atoms with E-state index >= 15 is 0 Å². The van der Waals surface area contributed by atoms with Crippen LogP contribution >= 0.6 is 0 Å². The smallest absolute Gasteiger partial charge is 0.409 e. The molecule has 0 fully saturated rings. The molecule has 0 aliphatic heterocycles. The standard InChI is InChI=1S/C13H19NO2/c1-3-4-10-16-13(15)14(2)11-12-8-6-5-7-9-12/h5-9H,3-4,10-11H2,1-2H3. The zero-order chi connectivity index (χ0) is 11.8. The Kier molecular flexibility index (Phi) is 5.40. The third-order valence-electron chi connectivity index (χ3n) is 2.30. The average Bonchev–Trinajstić information content (AvgIpc) is 2.30. The second-order valence-corrected chi connectivity index (χ2v) is 3.81. The number of benzene rings is 1. The predicted octanol–water partition coefficient (Wildman–Crippen LogP) is 3.06. The van der Waals surface area contributed by atoms with Gasteiger partial charge in [-0.2, -0.15) is 0 Å². The minimum absolute atomic E-state index is 0.252. The van der Waals surface area contributed by atoms with Crippen LogP contribution in [0.25, 0.3) is 0 Å². The lowest BCUT2D eigenvalue weighted by Crippen LogP contribution is -2.27. The van der Waals surface area contributed by atoms with Crippen molar-refractivity contribution in [1.29, 1.82) is 0 Å². The number of hydrogen-bond acceptors (Lipinski definition) is 2. The fourth-order valence-corrected chi connectivity index (χ4v) is 1.34. The van der Waals surface area contributed by atoms with Crippen molar-refractivity contribution >= 4 is 6.09 Å². The first kappa shape index (κ1) is 12.6. The van der Waals surface area contributed by atoms with Crippen molar-refractivity contribution in [3.05, 3.63) is 35.9 Å². The van der Waals surface area contributed by atoms with Gasteiger partial charge in [0, 0.05) is 13.6 Å². The molecule has 1 aromatic rings. The van der Waals surface area contributed by atoms with Crippen LogP contribution in [0.5, 0.6) is 0 Å². The maximum Gasteiger partial charge on any atom is 0.409 e. The number of hydrogen-bond donors (Lipinski definition) is 0. The molecule has 1 rings (SSSR count). The van der Waals surface area contributed by atoms with Gasteiger partial charge >= 0.3 is 6.09 Å². The van der Waals surface area contributed by atoms with Crippen LogP contribution in [0.3, 0.4) is 0 Å². The van der Waals surface area contributed by atoms with E-state index in [2.05, 4.69) is 6.92 Å². The van der Waals surface area contributed by atoms with E-state index in [1.807, 2.05) is 30.3 Å². The lowest BCUT2D eigenvalue weighted by Gasteiger charge is -2.16. The zero-order valence-corrected chi connectivity index (χ0v) is 9.98. The Hall–Kier alpha value is -1.51. The molecule has 0 unspecified atom stereocenters. The molecule has 1 amide bonds. The summed E-state index contributed by atoms with van der Waals surface area (Å²) in [5, 5.41) is 0. The number of nitrogens with zero attached hydrogens (tertiary/aromatic N) is 1. The normalized spacial score (nSPS) is 9.88. The Bertz CT molecular complexity index is 311. The zero-order valence-electron chi connectivity index (χ0n) is 9.98. The number of carbonyl (C=O) groups excluding carboxylic acids is 1. The molecule has 0 heterocycles. The van der Waals surface area contributed by atoms with Crippen LogP contribution in [-0.4, -0.2) is 24.6 Å². The summed E-state index contributed by atoms with van der Waals surface area (Å²) in [5.74, 6) is 0. The lowest BCUT2D eigenvalue weighted by molar-refractivity contribution is 0.108. The highest BCUT2D eigenvalue weighted by atomic mass is 16.6. The molecule has 0 aliphatic carbocycles. The monoisotopic (exact) mass is 221 g/mol. The Balaban J connectivity index is 2.34. The molecule has 16 heavy (non-hydrogen) atoms. The second-order valence-electron chi connectivity index (χ2n) is 3.81. The summed E-state index contributed by atoms with van der Waals surface area (Å²) in [5.41, 5.74) is 1.11.